The Morgan fingerprint density at radius 1 is 1.54 bits per heavy atom. The molecule has 2 aliphatic carbocycles. The van der Waals surface area contributed by atoms with Gasteiger partial charge in [0.2, 0.25) is 5.91 Å². The lowest BCUT2D eigenvalue weighted by Crippen LogP contribution is -2.55. The molecule has 13 heavy (non-hydrogen) atoms. The van der Waals surface area contributed by atoms with Crippen LogP contribution in [0.25, 0.3) is 0 Å². The third-order valence-corrected chi connectivity index (χ3v) is 3.33. The van der Waals surface area contributed by atoms with Crippen molar-refractivity contribution in [2.24, 2.45) is 11.7 Å². The molecule has 2 saturated carbocycles. The molecule has 0 aromatic carbocycles. The molecule has 1 unspecified atom stereocenters. The zero-order valence-electron chi connectivity index (χ0n) is 8.39. The van der Waals surface area contributed by atoms with Gasteiger partial charge in [-0.1, -0.05) is 0 Å². The molecule has 3 heteroatoms. The van der Waals surface area contributed by atoms with Crippen LogP contribution in [0.4, 0.5) is 0 Å². The standard InChI is InChI=1S/C10H18N2O/c1-9(5-6-9)12-8(13)10(2,11)7-3-4-7/h7H,3-6,11H2,1-2H3,(H,12,13). The van der Waals surface area contributed by atoms with E-state index in [0.717, 1.165) is 25.7 Å². The molecule has 74 valence electrons. The predicted molar refractivity (Wildman–Crippen MR) is 51.1 cm³/mol. The Morgan fingerprint density at radius 3 is 2.46 bits per heavy atom. The highest BCUT2D eigenvalue weighted by Gasteiger charge is 2.48. The summed E-state index contributed by atoms with van der Waals surface area (Å²) in [5.74, 6) is 0.449. The Hall–Kier alpha value is -0.570. The van der Waals surface area contributed by atoms with E-state index >= 15 is 0 Å². The Kier molecular flexibility index (Phi) is 1.71. The fourth-order valence-electron chi connectivity index (χ4n) is 1.59. The summed E-state index contributed by atoms with van der Waals surface area (Å²) >= 11 is 0. The van der Waals surface area contributed by atoms with Crippen molar-refractivity contribution in [3.8, 4) is 0 Å². The van der Waals surface area contributed by atoms with Gasteiger partial charge < -0.3 is 11.1 Å². The third kappa shape index (κ3) is 1.70. The molecule has 3 nitrogen and oxygen atoms in total. The number of amides is 1. The van der Waals surface area contributed by atoms with Crippen LogP contribution in [0.2, 0.25) is 0 Å². The van der Waals surface area contributed by atoms with Gasteiger partial charge in [-0.2, -0.15) is 0 Å². The summed E-state index contributed by atoms with van der Waals surface area (Å²) < 4.78 is 0. The minimum Gasteiger partial charge on any atom is -0.349 e. The predicted octanol–water partition coefficient (Wildman–Crippen LogP) is 0.782. The average molecular weight is 182 g/mol. The van der Waals surface area contributed by atoms with Crippen molar-refractivity contribution in [3.05, 3.63) is 0 Å². The molecule has 0 radical (unpaired) electrons. The van der Waals surface area contributed by atoms with Gasteiger partial charge in [-0.3, -0.25) is 4.79 Å². The number of rotatable bonds is 3. The van der Waals surface area contributed by atoms with Gasteiger partial charge in [-0.05, 0) is 45.4 Å². The van der Waals surface area contributed by atoms with Gasteiger partial charge in [0.05, 0.1) is 5.54 Å². The summed E-state index contributed by atoms with van der Waals surface area (Å²) in [6, 6.07) is 0. The first-order valence-electron chi connectivity index (χ1n) is 5.06. The van der Waals surface area contributed by atoms with E-state index in [2.05, 4.69) is 12.2 Å². The van der Waals surface area contributed by atoms with Crippen LogP contribution in [0, 0.1) is 5.92 Å². The van der Waals surface area contributed by atoms with Crippen LogP contribution in [0.3, 0.4) is 0 Å². The Balaban J connectivity index is 1.95. The zero-order chi connectivity index (χ0) is 9.69. The highest BCUT2D eigenvalue weighted by Crippen LogP contribution is 2.40. The second-order valence-electron chi connectivity index (χ2n) is 5.07. The van der Waals surface area contributed by atoms with Crippen LogP contribution in [-0.2, 0) is 4.79 Å². The van der Waals surface area contributed by atoms with Crippen LogP contribution in [0.5, 0.6) is 0 Å². The maximum atomic E-state index is 11.8. The Bertz CT molecular complexity index is 239. The van der Waals surface area contributed by atoms with Crippen molar-refractivity contribution in [1.82, 2.24) is 5.32 Å². The molecule has 1 atom stereocenters. The average Bonchev–Trinajstić information content (AvgIpc) is 2.81. The van der Waals surface area contributed by atoms with Crippen molar-refractivity contribution in [3.63, 3.8) is 0 Å². The second kappa shape index (κ2) is 2.47. The number of carbonyl (C=O) groups excluding carboxylic acids is 1. The van der Waals surface area contributed by atoms with E-state index in [9.17, 15) is 4.79 Å². The topological polar surface area (TPSA) is 55.1 Å². The van der Waals surface area contributed by atoms with Crippen LogP contribution in [0.15, 0.2) is 0 Å². The molecule has 3 N–H and O–H groups in total. The highest BCUT2D eigenvalue weighted by molar-refractivity contribution is 5.87. The van der Waals surface area contributed by atoms with E-state index in [0.29, 0.717) is 5.92 Å². The number of nitrogens with one attached hydrogen (secondary N) is 1. The lowest BCUT2D eigenvalue weighted by atomic mass is 9.96. The molecule has 0 aromatic heterocycles. The van der Waals surface area contributed by atoms with Crippen molar-refractivity contribution in [2.75, 3.05) is 0 Å². The van der Waals surface area contributed by atoms with E-state index < -0.39 is 5.54 Å². The van der Waals surface area contributed by atoms with Crippen LogP contribution >= 0.6 is 0 Å². The van der Waals surface area contributed by atoms with Gasteiger partial charge in [0.1, 0.15) is 0 Å². The molecular formula is C10H18N2O. The molecule has 0 aliphatic heterocycles. The first-order valence-corrected chi connectivity index (χ1v) is 5.06. The van der Waals surface area contributed by atoms with Crippen LogP contribution < -0.4 is 11.1 Å². The lowest BCUT2D eigenvalue weighted by molar-refractivity contribution is -0.127. The number of carbonyl (C=O) groups is 1. The summed E-state index contributed by atoms with van der Waals surface area (Å²) in [7, 11) is 0. The molecule has 0 aromatic rings. The first kappa shape index (κ1) is 9.00. The van der Waals surface area contributed by atoms with Gasteiger partial charge in [0.15, 0.2) is 0 Å². The summed E-state index contributed by atoms with van der Waals surface area (Å²) in [6.45, 7) is 3.93. The maximum Gasteiger partial charge on any atom is 0.240 e. The van der Waals surface area contributed by atoms with Crippen molar-refractivity contribution in [2.45, 2.75) is 50.6 Å². The first-order chi connectivity index (χ1) is 5.94. The second-order valence-corrected chi connectivity index (χ2v) is 5.07. The highest BCUT2D eigenvalue weighted by atomic mass is 16.2. The smallest absolute Gasteiger partial charge is 0.240 e. The summed E-state index contributed by atoms with van der Waals surface area (Å²) in [5.41, 5.74) is 5.42. The Morgan fingerprint density at radius 2 is 2.08 bits per heavy atom. The van der Waals surface area contributed by atoms with Crippen LogP contribution in [-0.4, -0.2) is 17.0 Å². The van der Waals surface area contributed by atoms with Gasteiger partial charge in [0.25, 0.3) is 0 Å². The molecule has 2 fully saturated rings. The fraction of sp³-hybridized carbons (Fsp3) is 0.900. The summed E-state index contributed by atoms with van der Waals surface area (Å²) in [4.78, 5) is 11.8. The molecular weight excluding hydrogens is 164 g/mol. The largest absolute Gasteiger partial charge is 0.349 e. The zero-order valence-corrected chi connectivity index (χ0v) is 8.39. The lowest BCUT2D eigenvalue weighted by Gasteiger charge is -2.25. The normalized spacial score (nSPS) is 29.2. The van der Waals surface area contributed by atoms with E-state index in [4.69, 9.17) is 5.73 Å². The van der Waals surface area contributed by atoms with Gasteiger partial charge in [0, 0.05) is 5.54 Å². The van der Waals surface area contributed by atoms with Gasteiger partial charge in [-0.25, -0.2) is 0 Å². The number of hydrogen-bond acceptors (Lipinski definition) is 2. The molecule has 2 aliphatic rings. The fourth-order valence-corrected chi connectivity index (χ4v) is 1.59. The third-order valence-electron chi connectivity index (χ3n) is 3.33. The van der Waals surface area contributed by atoms with E-state index in [1.54, 1.807) is 0 Å². The summed E-state index contributed by atoms with van der Waals surface area (Å²) in [5, 5.41) is 3.03. The molecule has 0 bridgehead atoms. The molecule has 0 heterocycles. The quantitative estimate of drug-likeness (QED) is 0.677. The summed E-state index contributed by atoms with van der Waals surface area (Å²) in [6.07, 6.45) is 4.41. The van der Waals surface area contributed by atoms with E-state index in [1.807, 2.05) is 6.92 Å². The molecule has 0 saturated heterocycles. The SMILES string of the molecule is CC1(NC(=O)C(C)(N)C2CC2)CC1. The number of nitrogens with two attached hydrogens (primary N) is 1. The van der Waals surface area contributed by atoms with Gasteiger partial charge in [-0.15, -0.1) is 0 Å². The monoisotopic (exact) mass is 182 g/mol. The molecule has 2 rings (SSSR count). The van der Waals surface area contributed by atoms with Crippen molar-refractivity contribution >= 4 is 5.91 Å². The van der Waals surface area contributed by atoms with E-state index in [-0.39, 0.29) is 11.4 Å². The minimum atomic E-state index is -0.633. The van der Waals surface area contributed by atoms with Gasteiger partial charge >= 0.3 is 0 Å². The van der Waals surface area contributed by atoms with Crippen molar-refractivity contribution < 1.29 is 4.79 Å². The molecule has 1 amide bonds. The van der Waals surface area contributed by atoms with Crippen LogP contribution in [0.1, 0.15) is 39.5 Å². The maximum absolute atomic E-state index is 11.8. The number of hydrogen-bond donors (Lipinski definition) is 2. The van der Waals surface area contributed by atoms with E-state index in [1.165, 1.54) is 0 Å². The Labute approximate surface area is 79.1 Å². The van der Waals surface area contributed by atoms with Crippen molar-refractivity contribution in [1.29, 1.82) is 0 Å². The molecule has 0 spiro atoms. The minimum absolute atomic E-state index is 0.0370.